The van der Waals surface area contributed by atoms with E-state index >= 15 is 0 Å². The van der Waals surface area contributed by atoms with E-state index in [0.717, 1.165) is 43.4 Å². The Labute approximate surface area is 108 Å². The molecule has 0 bridgehead atoms. The van der Waals surface area contributed by atoms with Gasteiger partial charge < -0.3 is 15.0 Å². The first-order valence-corrected chi connectivity index (χ1v) is 6.67. The van der Waals surface area contributed by atoms with Gasteiger partial charge in [0.05, 0.1) is 12.3 Å². The van der Waals surface area contributed by atoms with E-state index in [-0.39, 0.29) is 0 Å². The maximum absolute atomic E-state index is 5.69. The van der Waals surface area contributed by atoms with Crippen LogP contribution in [0.5, 0.6) is 5.75 Å². The summed E-state index contributed by atoms with van der Waals surface area (Å²) in [4.78, 5) is 11.0. The maximum Gasteiger partial charge on any atom is 0.183 e. The zero-order valence-electron chi connectivity index (χ0n) is 11.0. The minimum atomic E-state index is 0.474. The number of aromatic nitrogens is 2. The fourth-order valence-electron chi connectivity index (χ4n) is 2.88. The number of hydrogen-bond donors (Lipinski definition) is 1. The summed E-state index contributed by atoms with van der Waals surface area (Å²) in [5.74, 6) is 2.50. The largest absolute Gasteiger partial charge is 0.487 e. The molecule has 0 unspecified atom stereocenters. The Morgan fingerprint density at radius 2 is 2.33 bits per heavy atom. The predicted molar refractivity (Wildman–Crippen MR) is 70.1 cm³/mol. The fourth-order valence-corrected chi connectivity index (χ4v) is 2.88. The molecule has 5 nitrogen and oxygen atoms in total. The molecule has 1 aromatic heterocycles. The molecule has 0 amide bonds. The molecular formula is C13H20N4O. The Kier molecular flexibility index (Phi) is 3.07. The molecule has 2 aliphatic heterocycles. The molecule has 2 atom stereocenters. The van der Waals surface area contributed by atoms with Crippen molar-refractivity contribution in [2.75, 3.05) is 31.6 Å². The van der Waals surface area contributed by atoms with Crippen LogP contribution in [0.25, 0.3) is 0 Å². The third-order valence-electron chi connectivity index (χ3n) is 4.06. The van der Waals surface area contributed by atoms with Gasteiger partial charge in [-0.15, -0.1) is 0 Å². The van der Waals surface area contributed by atoms with Gasteiger partial charge in [0.15, 0.2) is 11.6 Å². The van der Waals surface area contributed by atoms with Crippen LogP contribution in [-0.2, 0) is 6.42 Å². The van der Waals surface area contributed by atoms with Crippen LogP contribution in [0, 0.1) is 5.92 Å². The third-order valence-corrected chi connectivity index (χ3v) is 4.06. The minimum absolute atomic E-state index is 0.474. The molecule has 0 aliphatic carbocycles. The van der Waals surface area contributed by atoms with E-state index in [1.54, 1.807) is 6.33 Å². The Balaban J connectivity index is 1.88. The summed E-state index contributed by atoms with van der Waals surface area (Å²) in [6, 6.07) is 0.474. The molecule has 98 valence electrons. The minimum Gasteiger partial charge on any atom is -0.487 e. The van der Waals surface area contributed by atoms with E-state index in [0.29, 0.717) is 12.0 Å². The molecule has 1 saturated heterocycles. The fraction of sp³-hybridized carbons (Fsp3) is 0.692. The number of ether oxygens (including phenoxy) is 1. The highest BCUT2D eigenvalue weighted by molar-refractivity contribution is 5.56. The van der Waals surface area contributed by atoms with Crippen molar-refractivity contribution in [2.24, 2.45) is 5.92 Å². The number of rotatable bonds is 2. The molecule has 0 aromatic carbocycles. The SMILES string of the molecule is C[C@@H]1CCNC[C@@H]1N(C)c1ncnc2c1OCC2. The van der Waals surface area contributed by atoms with Crippen LogP contribution in [0.15, 0.2) is 6.33 Å². The summed E-state index contributed by atoms with van der Waals surface area (Å²) in [7, 11) is 2.11. The molecule has 18 heavy (non-hydrogen) atoms. The molecule has 2 aliphatic rings. The molecule has 0 saturated carbocycles. The normalized spacial score (nSPS) is 26.6. The highest BCUT2D eigenvalue weighted by Crippen LogP contribution is 2.34. The standard InChI is InChI=1S/C13H20N4O/c1-9-3-5-14-7-11(9)17(2)13-12-10(4-6-18-12)15-8-16-13/h8-9,11,14H,3-7H2,1-2H3/t9-,11+/m1/s1. The van der Waals surface area contributed by atoms with Crippen LogP contribution in [0.3, 0.4) is 0 Å². The van der Waals surface area contributed by atoms with E-state index in [1.807, 2.05) is 0 Å². The van der Waals surface area contributed by atoms with Crippen molar-refractivity contribution in [1.29, 1.82) is 0 Å². The van der Waals surface area contributed by atoms with Gasteiger partial charge in [0.25, 0.3) is 0 Å². The molecule has 1 fully saturated rings. The van der Waals surface area contributed by atoms with E-state index in [1.165, 1.54) is 6.42 Å². The second-order valence-corrected chi connectivity index (χ2v) is 5.22. The van der Waals surface area contributed by atoms with Crippen molar-refractivity contribution in [2.45, 2.75) is 25.8 Å². The Bertz CT molecular complexity index is 437. The smallest absolute Gasteiger partial charge is 0.183 e. The first-order chi connectivity index (χ1) is 8.77. The van der Waals surface area contributed by atoms with Crippen LogP contribution >= 0.6 is 0 Å². The van der Waals surface area contributed by atoms with Crippen LogP contribution in [0.1, 0.15) is 19.0 Å². The summed E-state index contributed by atoms with van der Waals surface area (Å²) in [5.41, 5.74) is 1.04. The molecule has 3 rings (SSSR count). The molecule has 3 heterocycles. The second kappa shape index (κ2) is 4.72. The summed E-state index contributed by atoms with van der Waals surface area (Å²) >= 11 is 0. The van der Waals surface area contributed by atoms with Gasteiger partial charge in [-0.25, -0.2) is 9.97 Å². The molecule has 1 aromatic rings. The highest BCUT2D eigenvalue weighted by Gasteiger charge is 2.29. The number of likely N-dealkylation sites (N-methyl/N-ethyl adjacent to an activating group) is 1. The number of piperidine rings is 1. The molecular weight excluding hydrogens is 228 g/mol. The highest BCUT2D eigenvalue weighted by atomic mass is 16.5. The van der Waals surface area contributed by atoms with Crippen molar-refractivity contribution < 1.29 is 4.74 Å². The van der Waals surface area contributed by atoms with Crippen molar-refractivity contribution in [3.63, 3.8) is 0 Å². The molecule has 0 radical (unpaired) electrons. The number of anilines is 1. The maximum atomic E-state index is 5.69. The lowest BCUT2D eigenvalue weighted by Crippen LogP contribution is -2.49. The average molecular weight is 248 g/mol. The van der Waals surface area contributed by atoms with E-state index in [9.17, 15) is 0 Å². The topological polar surface area (TPSA) is 50.3 Å². The van der Waals surface area contributed by atoms with Gasteiger partial charge in [-0.1, -0.05) is 6.92 Å². The Morgan fingerprint density at radius 1 is 1.44 bits per heavy atom. The summed E-state index contributed by atoms with van der Waals surface area (Å²) in [5, 5.41) is 3.46. The molecule has 0 spiro atoms. The third kappa shape index (κ3) is 1.92. The van der Waals surface area contributed by atoms with Crippen LogP contribution in [0.4, 0.5) is 5.82 Å². The summed E-state index contributed by atoms with van der Waals surface area (Å²) in [6.07, 6.45) is 3.76. The lowest BCUT2D eigenvalue weighted by atomic mass is 9.93. The van der Waals surface area contributed by atoms with Gasteiger partial charge in [-0.2, -0.15) is 0 Å². The lowest BCUT2D eigenvalue weighted by Gasteiger charge is -2.37. The van der Waals surface area contributed by atoms with Crippen LogP contribution in [-0.4, -0.2) is 42.8 Å². The van der Waals surface area contributed by atoms with E-state index in [2.05, 4.69) is 34.2 Å². The van der Waals surface area contributed by atoms with Gasteiger partial charge in [0, 0.05) is 26.1 Å². The quantitative estimate of drug-likeness (QED) is 0.840. The van der Waals surface area contributed by atoms with Gasteiger partial charge in [-0.05, 0) is 18.9 Å². The summed E-state index contributed by atoms with van der Waals surface area (Å²) in [6.45, 7) is 5.16. The van der Waals surface area contributed by atoms with Gasteiger partial charge in [-0.3, -0.25) is 0 Å². The zero-order chi connectivity index (χ0) is 12.5. The van der Waals surface area contributed by atoms with E-state index in [4.69, 9.17) is 4.74 Å². The Morgan fingerprint density at radius 3 is 3.17 bits per heavy atom. The van der Waals surface area contributed by atoms with Crippen molar-refractivity contribution in [1.82, 2.24) is 15.3 Å². The Hall–Kier alpha value is -1.36. The summed E-state index contributed by atoms with van der Waals surface area (Å²) < 4.78 is 5.69. The zero-order valence-corrected chi connectivity index (χ0v) is 11.0. The number of hydrogen-bond acceptors (Lipinski definition) is 5. The average Bonchev–Trinajstić information content (AvgIpc) is 2.86. The monoisotopic (exact) mass is 248 g/mol. The van der Waals surface area contributed by atoms with Crippen molar-refractivity contribution in [3.05, 3.63) is 12.0 Å². The molecule has 5 heteroatoms. The van der Waals surface area contributed by atoms with Crippen molar-refractivity contribution in [3.8, 4) is 5.75 Å². The van der Waals surface area contributed by atoms with Gasteiger partial charge >= 0.3 is 0 Å². The lowest BCUT2D eigenvalue weighted by molar-refractivity contribution is 0.328. The van der Waals surface area contributed by atoms with Gasteiger partial charge in [0.1, 0.15) is 6.33 Å². The number of nitrogens with zero attached hydrogens (tertiary/aromatic N) is 3. The number of fused-ring (bicyclic) bond motifs is 1. The van der Waals surface area contributed by atoms with Gasteiger partial charge in [0.2, 0.25) is 0 Å². The molecule has 1 N–H and O–H groups in total. The van der Waals surface area contributed by atoms with E-state index < -0.39 is 0 Å². The van der Waals surface area contributed by atoms with Crippen molar-refractivity contribution >= 4 is 5.82 Å². The predicted octanol–water partition coefficient (Wildman–Crippen LogP) is 0.846. The first-order valence-electron chi connectivity index (χ1n) is 6.67. The second-order valence-electron chi connectivity index (χ2n) is 5.22. The van der Waals surface area contributed by atoms with Crippen LogP contribution < -0.4 is 15.0 Å². The number of nitrogens with one attached hydrogen (secondary N) is 1. The van der Waals surface area contributed by atoms with Crippen LogP contribution in [0.2, 0.25) is 0 Å². The first kappa shape index (κ1) is 11.7.